The second-order valence-corrected chi connectivity index (χ2v) is 7.68. The summed E-state index contributed by atoms with van der Waals surface area (Å²) in [5.74, 6) is 0.646. The van der Waals surface area contributed by atoms with Crippen molar-refractivity contribution in [2.75, 3.05) is 18.2 Å². The molecule has 1 amide bonds. The molecule has 4 aromatic rings. The Kier molecular flexibility index (Phi) is 6.03. The van der Waals surface area contributed by atoms with Crippen molar-refractivity contribution in [1.29, 1.82) is 0 Å². The largest absolute Gasteiger partial charge is 0.497 e. The van der Waals surface area contributed by atoms with Gasteiger partial charge in [-0.2, -0.15) is 0 Å². The summed E-state index contributed by atoms with van der Waals surface area (Å²) in [7, 11) is 1.57. The highest BCUT2D eigenvalue weighted by molar-refractivity contribution is 7.99. The fourth-order valence-corrected chi connectivity index (χ4v) is 3.84. The zero-order valence-corrected chi connectivity index (χ0v) is 17.9. The molecule has 0 bridgehead atoms. The maximum absolute atomic E-state index is 12.9. The SMILES string of the molecule is CCc1cccc(NC(=O)CSc2nnc3c(=O)n(-c4cccc(OC)c4)ccn23)c1. The number of carbonyl (C=O) groups is 1. The molecule has 2 aromatic carbocycles. The molecule has 158 valence electrons. The Hall–Kier alpha value is -3.59. The summed E-state index contributed by atoms with van der Waals surface area (Å²) in [4.78, 5) is 25.2. The van der Waals surface area contributed by atoms with Crippen molar-refractivity contribution in [2.45, 2.75) is 18.5 Å². The number of amides is 1. The smallest absolute Gasteiger partial charge is 0.300 e. The molecular formula is C22H21N5O3S. The molecule has 0 spiro atoms. The van der Waals surface area contributed by atoms with Crippen molar-refractivity contribution in [3.05, 3.63) is 76.8 Å². The number of nitrogens with zero attached hydrogens (tertiary/aromatic N) is 4. The van der Waals surface area contributed by atoms with Crippen LogP contribution in [0, 0.1) is 0 Å². The van der Waals surface area contributed by atoms with Gasteiger partial charge in [-0.1, -0.05) is 36.9 Å². The van der Waals surface area contributed by atoms with Crippen LogP contribution in [0.15, 0.2) is 70.9 Å². The zero-order chi connectivity index (χ0) is 21.8. The summed E-state index contributed by atoms with van der Waals surface area (Å²) >= 11 is 1.22. The monoisotopic (exact) mass is 435 g/mol. The molecule has 2 heterocycles. The van der Waals surface area contributed by atoms with Crippen LogP contribution in [0.2, 0.25) is 0 Å². The third-order valence-electron chi connectivity index (χ3n) is 4.72. The van der Waals surface area contributed by atoms with Crippen LogP contribution in [0.1, 0.15) is 12.5 Å². The van der Waals surface area contributed by atoms with E-state index in [1.54, 1.807) is 30.0 Å². The van der Waals surface area contributed by atoms with Crippen LogP contribution in [0.25, 0.3) is 11.3 Å². The summed E-state index contributed by atoms with van der Waals surface area (Å²) in [6.45, 7) is 2.06. The first-order chi connectivity index (χ1) is 15.1. The second-order valence-electron chi connectivity index (χ2n) is 6.74. The zero-order valence-electron chi connectivity index (χ0n) is 17.1. The van der Waals surface area contributed by atoms with E-state index in [-0.39, 0.29) is 22.9 Å². The quantitative estimate of drug-likeness (QED) is 0.449. The van der Waals surface area contributed by atoms with Crippen molar-refractivity contribution in [3.63, 3.8) is 0 Å². The summed E-state index contributed by atoms with van der Waals surface area (Å²) in [5.41, 5.74) is 2.45. The standard InChI is InChI=1S/C22H21N5O3S/c1-3-15-6-4-7-16(12-15)23-19(28)14-31-22-25-24-20-21(29)26(10-11-27(20)22)17-8-5-9-18(13-17)30-2/h4-13H,3,14H2,1-2H3,(H,23,28). The Morgan fingerprint density at radius 1 is 1.13 bits per heavy atom. The van der Waals surface area contributed by atoms with Crippen LogP contribution in [0.5, 0.6) is 5.75 Å². The molecule has 0 aliphatic heterocycles. The topological polar surface area (TPSA) is 90.5 Å². The second kappa shape index (κ2) is 9.05. The Morgan fingerprint density at radius 2 is 1.97 bits per heavy atom. The molecule has 0 saturated heterocycles. The fraction of sp³-hybridized carbons (Fsp3) is 0.182. The van der Waals surface area contributed by atoms with Gasteiger partial charge in [0.25, 0.3) is 0 Å². The molecular weight excluding hydrogens is 414 g/mol. The lowest BCUT2D eigenvalue weighted by Gasteiger charge is -2.08. The van der Waals surface area contributed by atoms with Gasteiger partial charge in [-0.05, 0) is 36.2 Å². The number of anilines is 1. The van der Waals surface area contributed by atoms with Crippen molar-refractivity contribution in [3.8, 4) is 11.4 Å². The van der Waals surface area contributed by atoms with Gasteiger partial charge >= 0.3 is 5.56 Å². The molecule has 0 radical (unpaired) electrons. The molecule has 8 nitrogen and oxygen atoms in total. The first kappa shape index (κ1) is 20.7. The molecule has 0 aliphatic carbocycles. The van der Waals surface area contributed by atoms with Gasteiger partial charge in [0.2, 0.25) is 11.6 Å². The van der Waals surface area contributed by atoms with E-state index in [0.29, 0.717) is 16.6 Å². The molecule has 2 aromatic heterocycles. The average molecular weight is 436 g/mol. The predicted molar refractivity (Wildman–Crippen MR) is 120 cm³/mol. The molecule has 0 aliphatic rings. The normalized spacial score (nSPS) is 10.9. The maximum Gasteiger partial charge on any atom is 0.300 e. The molecule has 0 fully saturated rings. The first-order valence-electron chi connectivity index (χ1n) is 9.71. The van der Waals surface area contributed by atoms with Crippen molar-refractivity contribution < 1.29 is 9.53 Å². The Bertz CT molecular complexity index is 1300. The summed E-state index contributed by atoms with van der Waals surface area (Å²) in [6, 6.07) is 14.9. The van der Waals surface area contributed by atoms with Crippen LogP contribution in [0.3, 0.4) is 0 Å². The fourth-order valence-electron chi connectivity index (χ4n) is 3.12. The van der Waals surface area contributed by atoms with Gasteiger partial charge in [0.1, 0.15) is 5.75 Å². The number of thioether (sulfide) groups is 1. The highest BCUT2D eigenvalue weighted by Crippen LogP contribution is 2.19. The number of hydrogen-bond acceptors (Lipinski definition) is 6. The maximum atomic E-state index is 12.9. The van der Waals surface area contributed by atoms with E-state index in [1.807, 2.05) is 42.5 Å². The number of nitrogens with one attached hydrogen (secondary N) is 1. The highest BCUT2D eigenvalue weighted by atomic mass is 32.2. The van der Waals surface area contributed by atoms with Gasteiger partial charge in [-0.3, -0.25) is 18.6 Å². The van der Waals surface area contributed by atoms with Gasteiger partial charge in [0.05, 0.1) is 18.6 Å². The van der Waals surface area contributed by atoms with Crippen molar-refractivity contribution >= 4 is 29.0 Å². The number of rotatable bonds is 7. The number of aromatic nitrogens is 4. The lowest BCUT2D eigenvalue weighted by Crippen LogP contribution is -2.20. The number of hydrogen-bond donors (Lipinski definition) is 1. The van der Waals surface area contributed by atoms with Gasteiger partial charge in [-0.25, -0.2) is 0 Å². The van der Waals surface area contributed by atoms with E-state index in [4.69, 9.17) is 4.74 Å². The molecule has 0 unspecified atom stereocenters. The first-order valence-corrected chi connectivity index (χ1v) is 10.7. The Balaban J connectivity index is 1.51. The van der Waals surface area contributed by atoms with E-state index >= 15 is 0 Å². The van der Waals surface area contributed by atoms with E-state index in [2.05, 4.69) is 22.4 Å². The molecule has 0 atom stereocenters. The van der Waals surface area contributed by atoms with Gasteiger partial charge in [0, 0.05) is 24.1 Å². The predicted octanol–water partition coefficient (Wildman–Crippen LogP) is 3.18. The van der Waals surface area contributed by atoms with E-state index in [0.717, 1.165) is 17.7 Å². The lowest BCUT2D eigenvalue weighted by molar-refractivity contribution is -0.113. The van der Waals surface area contributed by atoms with Crippen molar-refractivity contribution in [1.82, 2.24) is 19.2 Å². The molecule has 0 saturated carbocycles. The van der Waals surface area contributed by atoms with Crippen LogP contribution in [-0.2, 0) is 11.2 Å². The summed E-state index contributed by atoms with van der Waals surface area (Å²) < 4.78 is 8.30. The Labute approximate surface area is 182 Å². The van der Waals surface area contributed by atoms with Crippen LogP contribution in [0.4, 0.5) is 5.69 Å². The van der Waals surface area contributed by atoms with E-state index in [9.17, 15) is 9.59 Å². The number of benzene rings is 2. The number of ether oxygens (including phenoxy) is 1. The minimum absolute atomic E-state index is 0.149. The van der Waals surface area contributed by atoms with Crippen LogP contribution < -0.4 is 15.6 Å². The molecule has 1 N–H and O–H groups in total. The minimum atomic E-state index is -0.309. The van der Waals surface area contributed by atoms with Gasteiger partial charge < -0.3 is 10.1 Å². The summed E-state index contributed by atoms with van der Waals surface area (Å²) in [6.07, 6.45) is 4.26. The number of aryl methyl sites for hydroxylation is 1. The molecule has 9 heteroatoms. The Morgan fingerprint density at radius 3 is 2.77 bits per heavy atom. The number of methoxy groups -OCH3 is 1. The lowest BCUT2D eigenvalue weighted by atomic mass is 10.1. The highest BCUT2D eigenvalue weighted by Gasteiger charge is 2.14. The minimum Gasteiger partial charge on any atom is -0.497 e. The number of carbonyl (C=O) groups excluding carboxylic acids is 1. The third kappa shape index (κ3) is 4.46. The average Bonchev–Trinajstić information content (AvgIpc) is 3.22. The van der Waals surface area contributed by atoms with Gasteiger partial charge in [0.15, 0.2) is 5.16 Å². The third-order valence-corrected chi connectivity index (χ3v) is 5.67. The van der Waals surface area contributed by atoms with E-state index < -0.39 is 0 Å². The van der Waals surface area contributed by atoms with Crippen molar-refractivity contribution in [2.24, 2.45) is 0 Å². The van der Waals surface area contributed by atoms with Crippen LogP contribution in [-0.4, -0.2) is 37.9 Å². The van der Waals surface area contributed by atoms with Crippen LogP contribution >= 0.6 is 11.8 Å². The number of fused-ring (bicyclic) bond motifs is 1. The molecule has 4 rings (SSSR count). The van der Waals surface area contributed by atoms with Gasteiger partial charge in [-0.15, -0.1) is 10.2 Å². The summed E-state index contributed by atoms with van der Waals surface area (Å²) in [5, 5.41) is 11.5. The molecule has 31 heavy (non-hydrogen) atoms. The van der Waals surface area contributed by atoms with E-state index in [1.165, 1.54) is 16.3 Å².